The standard InChI is InChI=1S/C80H84N2O/c1-75(2,3)56-19-17-20-58(42-56)82-72-25-15-13-22-61(72)63-29-28-60(45-73(63)82)83-59-21-16-18-53(39-59)66-49-81(71-24-14-12-23-62(66)71)74-64(54-26-30-67-69(40-54)78(8,9)34-32-76(67,4)5)43-57(80-46-50-36-51(47-80)38-52(37-50)48-80)44-65(74)55-27-31-68-70(41-55)79(10,11)35-33-77(68,6)7/h12-31,39-45,50-52,66H,32-38,46-48H2,1-11H3/i4D3,5D3,6D3,7D3,8D3,9D3,10D3,11D3,26D,27D,30D,31D,32D2,33D2,34D2,35D2,40D,41D. The summed E-state index contributed by atoms with van der Waals surface area (Å²) in [5.41, 5.74) is -28.0. The van der Waals surface area contributed by atoms with Gasteiger partial charge in [-0.25, -0.2) is 0 Å². The van der Waals surface area contributed by atoms with Crippen molar-refractivity contribution in [3.05, 3.63) is 208 Å². The van der Waals surface area contributed by atoms with Crippen LogP contribution in [0.15, 0.2) is 164 Å². The largest absolute Gasteiger partial charge is 0.457 e. The molecule has 1 aromatic heterocycles. The monoisotopic (exact) mass is 1130 g/mol. The van der Waals surface area contributed by atoms with Gasteiger partial charge in [-0.15, -0.1) is 0 Å². The van der Waals surface area contributed by atoms with Crippen molar-refractivity contribution in [2.75, 3.05) is 0 Å². The summed E-state index contributed by atoms with van der Waals surface area (Å²) in [7, 11) is 0. The Morgan fingerprint density at radius 2 is 1.13 bits per heavy atom. The van der Waals surface area contributed by atoms with Gasteiger partial charge in [0.1, 0.15) is 29.1 Å². The molecule has 1 aliphatic heterocycles. The molecule has 4 fully saturated rings. The highest BCUT2D eigenvalue weighted by molar-refractivity contribution is 6.09. The van der Waals surface area contributed by atoms with Crippen molar-refractivity contribution in [3.63, 3.8) is 0 Å². The van der Waals surface area contributed by atoms with E-state index in [0.29, 0.717) is 30.6 Å². The molecule has 420 valence electrons. The zero-order chi connectivity index (χ0) is 89.6. The Hall–Kier alpha value is -6.97. The lowest BCUT2D eigenvalue weighted by Crippen LogP contribution is -2.48. The summed E-state index contributed by atoms with van der Waals surface area (Å²) in [6.07, 6.45) is -13.0. The molecule has 6 aliphatic carbocycles. The molecule has 0 N–H and O–H groups in total. The molecular formula is C80H84N2O. The number of benzene rings is 8. The van der Waals surface area contributed by atoms with Gasteiger partial charge in [0.05, 0.1) is 19.3 Å². The van der Waals surface area contributed by atoms with Crippen molar-refractivity contribution in [2.24, 2.45) is 17.8 Å². The van der Waals surface area contributed by atoms with E-state index in [1.54, 1.807) is 42.5 Å². The van der Waals surface area contributed by atoms with E-state index >= 15 is 0 Å². The molecule has 83 heavy (non-hydrogen) atoms. The van der Waals surface area contributed by atoms with E-state index in [4.69, 9.17) is 21.2 Å². The molecule has 0 radical (unpaired) electrons. The first-order valence-electron chi connectivity index (χ1n) is 47.3. The molecule has 16 rings (SSSR count). The van der Waals surface area contributed by atoms with Crippen molar-refractivity contribution in [2.45, 2.75) is 178 Å². The summed E-state index contributed by atoms with van der Waals surface area (Å²) >= 11 is 0. The Balaban J connectivity index is 1.12. The third kappa shape index (κ3) is 8.65. The van der Waals surface area contributed by atoms with Gasteiger partial charge in [0.15, 0.2) is 0 Å². The lowest BCUT2D eigenvalue weighted by atomic mass is 9.48. The fourth-order valence-electron chi connectivity index (χ4n) is 14.8. The van der Waals surface area contributed by atoms with E-state index < -0.39 is 200 Å². The summed E-state index contributed by atoms with van der Waals surface area (Å²) < 4.78 is 373. The summed E-state index contributed by atoms with van der Waals surface area (Å²) in [4.78, 5) is 0. The van der Waals surface area contributed by atoms with E-state index in [1.807, 2.05) is 48.5 Å². The minimum atomic E-state index is -4.85. The lowest BCUT2D eigenvalue weighted by Gasteiger charge is -2.57. The quantitative estimate of drug-likeness (QED) is 0.109. The first kappa shape index (κ1) is 26.1. The van der Waals surface area contributed by atoms with Gasteiger partial charge in [0.25, 0.3) is 0 Å². The highest BCUT2D eigenvalue weighted by atomic mass is 16.5. The predicted octanol–water partition coefficient (Wildman–Crippen LogP) is 21.3. The molecule has 0 spiro atoms. The molecule has 4 saturated carbocycles. The number of nitrogens with zero attached hydrogens (tertiary/aromatic N) is 2. The molecule has 1 atom stereocenters. The Labute approximate surface area is 548 Å². The molecule has 7 aliphatic rings. The van der Waals surface area contributed by atoms with Gasteiger partial charge in [0.2, 0.25) is 0 Å². The van der Waals surface area contributed by atoms with Crippen LogP contribution < -0.4 is 9.31 Å². The topological polar surface area (TPSA) is 17.2 Å². The normalized spacial score (nSPS) is 34.5. The maximum atomic E-state index is 10.9. The first-order valence-corrected chi connectivity index (χ1v) is 28.3. The van der Waals surface area contributed by atoms with E-state index in [1.165, 1.54) is 24.3 Å². The molecule has 0 amide bonds. The van der Waals surface area contributed by atoms with Gasteiger partial charge in [-0.05, 0) is 230 Å². The number of hydrogen-bond donors (Lipinski definition) is 0. The smallest absolute Gasteiger partial charge is 0.129 e. The predicted molar refractivity (Wildman–Crippen MR) is 348 cm³/mol. The fourth-order valence-corrected chi connectivity index (χ4v) is 14.8. The van der Waals surface area contributed by atoms with E-state index in [-0.39, 0.29) is 65.0 Å². The van der Waals surface area contributed by atoms with Crippen LogP contribution in [0.1, 0.15) is 242 Å². The van der Waals surface area contributed by atoms with Crippen LogP contribution in [0.2, 0.25) is 0 Å². The second-order valence-electron chi connectivity index (χ2n) is 25.1. The van der Waals surface area contributed by atoms with Crippen molar-refractivity contribution < 1.29 is 56.8 Å². The minimum Gasteiger partial charge on any atom is -0.457 e. The number of aromatic nitrogens is 1. The number of rotatable bonds is 8. The Morgan fingerprint density at radius 3 is 1.76 bits per heavy atom. The second kappa shape index (κ2) is 18.5. The van der Waals surface area contributed by atoms with Crippen LogP contribution in [0.5, 0.6) is 11.5 Å². The van der Waals surface area contributed by atoms with Gasteiger partial charge in [-0.2, -0.15) is 0 Å². The number of hydrogen-bond acceptors (Lipinski definition) is 1. The molecule has 2 heterocycles. The fraction of sp³-hybridized carbons (Fsp3) is 0.388. The number of fused-ring (bicyclic) bond motifs is 6. The van der Waals surface area contributed by atoms with Crippen LogP contribution in [-0.2, 0) is 32.5 Å². The molecule has 0 saturated heterocycles. The average molecular weight is 1130 g/mol. The van der Waals surface area contributed by atoms with Crippen LogP contribution in [0.25, 0.3) is 49.7 Å². The summed E-state index contributed by atoms with van der Waals surface area (Å²) in [5.74, 6) is -0.952. The molecule has 8 aromatic carbocycles. The SMILES string of the molecule is [2H]c1c([2H])c2c(c([2H])c1-c1cc(C34CC5CC(CC(C5)C3)C4)cc(-c3c([2H])c([2H])c4c(c3[2H])C(C([2H])([2H])[2H])(C([2H])([2H])[2H])C([2H])([2H])C([2H])([2H])C4(C([2H])([2H])[2H])C([2H])([2H])[2H])c1[N+]1=[C-]C(c3cccc(Oc4ccc5c6ccccc6n(-c6cccc(C(C)(C)C)c6)c5c4)c3)c3ccccc31)C(C([2H])([2H])[2H])(C([2H])([2H])[2H])C([2H])([2H])C([2H])([2H])C2(C([2H])([2H])[2H])C([2H])([2H])[2H]. The van der Waals surface area contributed by atoms with Crippen LogP contribution >= 0.6 is 0 Å². The highest BCUT2D eigenvalue weighted by Crippen LogP contribution is 2.63. The van der Waals surface area contributed by atoms with Gasteiger partial charge < -0.3 is 13.9 Å². The number of ether oxygens (including phenoxy) is 1. The molecule has 4 bridgehead atoms. The van der Waals surface area contributed by atoms with Crippen LogP contribution in [-0.4, -0.2) is 10.8 Å². The zero-order valence-corrected chi connectivity index (χ0v) is 46.0. The van der Waals surface area contributed by atoms with Gasteiger partial charge in [-0.1, -0.05) is 185 Å². The highest BCUT2D eigenvalue weighted by Gasteiger charge is 2.52. The maximum absolute atomic E-state index is 10.9. The lowest BCUT2D eigenvalue weighted by molar-refractivity contribution is -0.00514. The first-order chi connectivity index (χ1) is 55.2. The van der Waals surface area contributed by atoms with Crippen molar-refractivity contribution >= 4 is 39.4 Å². The van der Waals surface area contributed by atoms with E-state index in [9.17, 15) is 35.6 Å². The van der Waals surface area contributed by atoms with E-state index in [2.05, 4.69) is 43.7 Å². The van der Waals surface area contributed by atoms with Crippen molar-refractivity contribution in [1.29, 1.82) is 0 Å². The van der Waals surface area contributed by atoms with Crippen molar-refractivity contribution in [1.82, 2.24) is 9.14 Å². The molecule has 3 nitrogen and oxygen atoms in total. The summed E-state index contributed by atoms with van der Waals surface area (Å²) in [6, 6.07) is 26.9. The van der Waals surface area contributed by atoms with E-state index in [0.717, 1.165) is 37.6 Å². The summed E-state index contributed by atoms with van der Waals surface area (Å²) in [6.45, 7) is -30.0. The Bertz CT molecular complexity index is 5570. The third-order valence-corrected chi connectivity index (χ3v) is 18.3. The average Bonchev–Trinajstić information content (AvgIpc) is 0.655. The molecular weight excluding hydrogens is 1000 g/mol. The summed E-state index contributed by atoms with van der Waals surface area (Å²) in [5, 5.41) is 1.83. The van der Waals surface area contributed by atoms with Gasteiger partial charge in [-0.3, -0.25) is 0 Å². The maximum Gasteiger partial charge on any atom is 0.129 e. The second-order valence-corrected chi connectivity index (χ2v) is 25.1. The number of para-hydroxylation sites is 2. The minimum absolute atomic E-state index is 0.0257. The third-order valence-electron chi connectivity index (χ3n) is 18.3. The van der Waals surface area contributed by atoms with Gasteiger partial charge in [0, 0.05) is 72.3 Å². The van der Waals surface area contributed by atoms with Crippen LogP contribution in [0.4, 0.5) is 11.4 Å². The molecule has 9 aromatic rings. The Kier molecular flexibility index (Phi) is 5.82. The zero-order valence-electron chi connectivity index (χ0n) is 84.0. The van der Waals surface area contributed by atoms with Crippen LogP contribution in [0.3, 0.4) is 0 Å². The van der Waals surface area contributed by atoms with Crippen molar-refractivity contribution in [3.8, 4) is 39.4 Å². The van der Waals surface area contributed by atoms with Crippen LogP contribution in [0, 0.1) is 17.8 Å². The molecule has 1 unspecified atom stereocenters. The van der Waals surface area contributed by atoms with Gasteiger partial charge >= 0.3 is 0 Å². The molecule has 3 heteroatoms. The Morgan fingerprint density at radius 1 is 0.566 bits per heavy atom.